The molecule has 0 N–H and O–H groups in total. The van der Waals surface area contributed by atoms with Crippen molar-refractivity contribution in [1.82, 2.24) is 14.7 Å². The Morgan fingerprint density at radius 3 is 2.38 bits per heavy atom. The first kappa shape index (κ1) is 19.7. The van der Waals surface area contributed by atoms with Crippen LogP contribution in [0, 0.1) is 13.8 Å². The van der Waals surface area contributed by atoms with Crippen molar-refractivity contribution in [2.45, 2.75) is 46.7 Å². The Morgan fingerprint density at radius 1 is 1.15 bits per heavy atom. The fourth-order valence-corrected chi connectivity index (χ4v) is 2.67. The van der Waals surface area contributed by atoms with Crippen molar-refractivity contribution in [3.8, 4) is 0 Å². The molecule has 0 unspecified atom stereocenters. The van der Waals surface area contributed by atoms with Gasteiger partial charge in [-0.25, -0.2) is 0 Å². The molecule has 2 rings (SSSR count). The van der Waals surface area contributed by atoms with Crippen LogP contribution in [-0.2, 0) is 33.8 Å². The summed E-state index contributed by atoms with van der Waals surface area (Å²) >= 11 is 0. The summed E-state index contributed by atoms with van der Waals surface area (Å²) < 4.78 is 6.86. The van der Waals surface area contributed by atoms with Crippen LogP contribution >= 0.6 is 0 Å². The number of hydrogen-bond acceptors (Lipinski definition) is 4. The number of likely N-dealkylation sites (N-methyl/N-ethyl adjacent to an activating group) is 1. The molecule has 26 heavy (non-hydrogen) atoms. The molecule has 0 bridgehead atoms. The van der Waals surface area contributed by atoms with Gasteiger partial charge in [0.1, 0.15) is 0 Å². The maximum atomic E-state index is 12.1. The lowest BCUT2D eigenvalue weighted by Gasteiger charge is -2.17. The molecule has 0 spiro atoms. The highest BCUT2D eigenvalue weighted by Crippen LogP contribution is 2.08. The lowest BCUT2D eigenvalue weighted by molar-refractivity contribution is -0.151. The average Bonchev–Trinajstić information content (AvgIpc) is 2.95. The molecule has 0 aliphatic rings. The molecule has 140 valence electrons. The lowest BCUT2D eigenvalue weighted by atomic mass is 10.1. The van der Waals surface area contributed by atoms with E-state index in [2.05, 4.69) is 24.2 Å². The second kappa shape index (κ2) is 9.17. The molecule has 0 fully saturated rings. The SMILES string of the molecule is CCc1ccc(CN(C)C(=O)COC(=O)CCn2nc(C)cc2C)cc1. The molecule has 1 amide bonds. The molecule has 0 aliphatic heterocycles. The molecule has 6 nitrogen and oxygen atoms in total. The van der Waals surface area contributed by atoms with Crippen molar-refractivity contribution >= 4 is 11.9 Å². The van der Waals surface area contributed by atoms with Crippen LogP contribution < -0.4 is 0 Å². The van der Waals surface area contributed by atoms with Crippen LogP contribution in [0.2, 0.25) is 0 Å². The van der Waals surface area contributed by atoms with Gasteiger partial charge in [0, 0.05) is 19.3 Å². The first-order valence-corrected chi connectivity index (χ1v) is 8.87. The molecule has 0 saturated carbocycles. The third kappa shape index (κ3) is 5.72. The Kier molecular flexibility index (Phi) is 6.95. The van der Waals surface area contributed by atoms with E-state index in [0.29, 0.717) is 13.1 Å². The van der Waals surface area contributed by atoms with E-state index in [1.165, 1.54) is 5.56 Å². The zero-order chi connectivity index (χ0) is 19.1. The Bertz CT molecular complexity index is 750. The van der Waals surface area contributed by atoms with Gasteiger partial charge in [0.15, 0.2) is 6.61 Å². The molecular formula is C20H27N3O3. The zero-order valence-corrected chi connectivity index (χ0v) is 16.0. The van der Waals surface area contributed by atoms with E-state index >= 15 is 0 Å². The number of aryl methyl sites for hydroxylation is 4. The number of rotatable bonds is 8. The number of aromatic nitrogens is 2. The van der Waals surface area contributed by atoms with E-state index in [1.54, 1.807) is 16.6 Å². The summed E-state index contributed by atoms with van der Waals surface area (Å²) in [6.45, 7) is 6.66. The molecule has 1 aromatic carbocycles. The third-order valence-corrected chi connectivity index (χ3v) is 4.26. The summed E-state index contributed by atoms with van der Waals surface area (Å²) in [5.41, 5.74) is 4.23. The predicted octanol–water partition coefficient (Wildman–Crippen LogP) is 2.65. The van der Waals surface area contributed by atoms with Gasteiger partial charge in [-0.05, 0) is 37.5 Å². The molecule has 0 saturated heterocycles. The van der Waals surface area contributed by atoms with E-state index in [4.69, 9.17) is 4.74 Å². The van der Waals surface area contributed by atoms with Gasteiger partial charge in [0.05, 0.1) is 18.7 Å². The van der Waals surface area contributed by atoms with Gasteiger partial charge in [-0.3, -0.25) is 14.3 Å². The van der Waals surface area contributed by atoms with Crippen LogP contribution in [0.5, 0.6) is 0 Å². The normalized spacial score (nSPS) is 10.6. The number of ether oxygens (including phenoxy) is 1. The second-order valence-electron chi connectivity index (χ2n) is 6.48. The topological polar surface area (TPSA) is 64.4 Å². The smallest absolute Gasteiger partial charge is 0.308 e. The molecule has 0 aliphatic carbocycles. The Hall–Kier alpha value is -2.63. The Labute approximate surface area is 154 Å². The van der Waals surface area contributed by atoms with Gasteiger partial charge in [-0.2, -0.15) is 5.10 Å². The van der Waals surface area contributed by atoms with Gasteiger partial charge in [-0.1, -0.05) is 31.2 Å². The number of amides is 1. The van der Waals surface area contributed by atoms with Gasteiger partial charge < -0.3 is 9.64 Å². The predicted molar refractivity (Wildman–Crippen MR) is 99.6 cm³/mol. The van der Waals surface area contributed by atoms with Crippen LogP contribution in [-0.4, -0.2) is 40.2 Å². The minimum absolute atomic E-state index is 0.192. The summed E-state index contributed by atoms with van der Waals surface area (Å²) in [7, 11) is 1.71. The van der Waals surface area contributed by atoms with Gasteiger partial charge in [0.2, 0.25) is 0 Å². The maximum absolute atomic E-state index is 12.1. The van der Waals surface area contributed by atoms with Gasteiger partial charge >= 0.3 is 5.97 Å². The van der Waals surface area contributed by atoms with Crippen LogP contribution in [0.3, 0.4) is 0 Å². The molecule has 6 heteroatoms. The Morgan fingerprint density at radius 2 is 1.81 bits per heavy atom. The molecule has 1 aromatic heterocycles. The van der Waals surface area contributed by atoms with Crippen LogP contribution in [0.25, 0.3) is 0 Å². The highest BCUT2D eigenvalue weighted by molar-refractivity contribution is 5.80. The second-order valence-corrected chi connectivity index (χ2v) is 6.48. The third-order valence-electron chi connectivity index (χ3n) is 4.26. The summed E-state index contributed by atoms with van der Waals surface area (Å²) in [6, 6.07) is 10.1. The average molecular weight is 357 g/mol. The highest BCUT2D eigenvalue weighted by Gasteiger charge is 2.13. The molecule has 1 heterocycles. The fraction of sp³-hybridized carbons (Fsp3) is 0.450. The van der Waals surface area contributed by atoms with Crippen molar-refractivity contribution in [1.29, 1.82) is 0 Å². The summed E-state index contributed by atoms with van der Waals surface area (Å²) in [5.74, 6) is -0.615. The monoisotopic (exact) mass is 357 g/mol. The summed E-state index contributed by atoms with van der Waals surface area (Å²) in [5, 5.41) is 4.30. The van der Waals surface area contributed by atoms with Crippen molar-refractivity contribution in [2.75, 3.05) is 13.7 Å². The van der Waals surface area contributed by atoms with E-state index < -0.39 is 5.97 Å². The van der Waals surface area contributed by atoms with Crippen LogP contribution in [0.15, 0.2) is 30.3 Å². The van der Waals surface area contributed by atoms with E-state index in [1.807, 2.05) is 32.0 Å². The summed E-state index contributed by atoms with van der Waals surface area (Å²) in [6.07, 6.45) is 1.18. The highest BCUT2D eigenvalue weighted by atomic mass is 16.5. The minimum atomic E-state index is -0.397. The molecule has 0 atom stereocenters. The van der Waals surface area contributed by atoms with Gasteiger partial charge in [-0.15, -0.1) is 0 Å². The van der Waals surface area contributed by atoms with Crippen LogP contribution in [0.4, 0.5) is 0 Å². The first-order valence-electron chi connectivity index (χ1n) is 8.87. The number of nitrogens with zero attached hydrogens (tertiary/aromatic N) is 3. The van der Waals surface area contributed by atoms with Crippen molar-refractivity contribution in [2.24, 2.45) is 0 Å². The number of carbonyl (C=O) groups is 2. The largest absolute Gasteiger partial charge is 0.456 e. The fourth-order valence-electron chi connectivity index (χ4n) is 2.67. The van der Waals surface area contributed by atoms with Crippen molar-refractivity contribution < 1.29 is 14.3 Å². The first-order chi connectivity index (χ1) is 12.4. The lowest BCUT2D eigenvalue weighted by Crippen LogP contribution is -2.31. The molecular weight excluding hydrogens is 330 g/mol. The number of benzene rings is 1. The number of carbonyl (C=O) groups excluding carboxylic acids is 2. The van der Waals surface area contributed by atoms with E-state index in [9.17, 15) is 9.59 Å². The van der Waals surface area contributed by atoms with Gasteiger partial charge in [0.25, 0.3) is 5.91 Å². The maximum Gasteiger partial charge on any atom is 0.308 e. The zero-order valence-electron chi connectivity index (χ0n) is 16.0. The van der Waals surface area contributed by atoms with E-state index in [-0.39, 0.29) is 18.9 Å². The standard InChI is InChI=1S/C20H27N3O3/c1-5-17-6-8-18(9-7-17)13-22(4)19(24)14-26-20(25)10-11-23-16(3)12-15(2)21-23/h6-9,12H,5,10-11,13-14H2,1-4H3. The number of esters is 1. The van der Waals surface area contributed by atoms with Crippen LogP contribution in [0.1, 0.15) is 35.9 Å². The quantitative estimate of drug-likeness (QED) is 0.681. The summed E-state index contributed by atoms with van der Waals surface area (Å²) in [4.78, 5) is 25.6. The minimum Gasteiger partial charge on any atom is -0.456 e. The van der Waals surface area contributed by atoms with Crippen molar-refractivity contribution in [3.63, 3.8) is 0 Å². The molecule has 2 aromatic rings. The number of hydrogen-bond donors (Lipinski definition) is 0. The molecule has 0 radical (unpaired) electrons. The van der Waals surface area contributed by atoms with E-state index in [0.717, 1.165) is 23.4 Å². The van der Waals surface area contributed by atoms with Crippen molar-refractivity contribution in [3.05, 3.63) is 52.8 Å². The Balaban J connectivity index is 1.74.